The van der Waals surface area contributed by atoms with Gasteiger partial charge in [0.25, 0.3) is 0 Å². The first-order chi connectivity index (χ1) is 11.7. The zero-order chi connectivity index (χ0) is 16.5. The summed E-state index contributed by atoms with van der Waals surface area (Å²) < 4.78 is 5.56. The molecule has 6 nitrogen and oxygen atoms in total. The summed E-state index contributed by atoms with van der Waals surface area (Å²) in [6.07, 6.45) is 4.61. The van der Waals surface area contributed by atoms with E-state index >= 15 is 0 Å². The molecule has 1 saturated carbocycles. The zero-order valence-corrected chi connectivity index (χ0v) is 14.5. The van der Waals surface area contributed by atoms with Crippen molar-refractivity contribution in [3.63, 3.8) is 0 Å². The van der Waals surface area contributed by atoms with E-state index in [0.717, 1.165) is 62.5 Å². The molecule has 2 saturated heterocycles. The molecule has 3 fully saturated rings. The number of aliphatic hydroxyl groups excluding tert-OH is 1. The van der Waals surface area contributed by atoms with Crippen LogP contribution in [0.2, 0.25) is 0 Å². The fourth-order valence-corrected chi connectivity index (χ4v) is 3.52. The summed E-state index contributed by atoms with van der Waals surface area (Å²) in [5.41, 5.74) is 1.10. The van der Waals surface area contributed by atoms with Gasteiger partial charge in [0.15, 0.2) is 0 Å². The summed E-state index contributed by atoms with van der Waals surface area (Å²) in [6.45, 7) is 7.22. The lowest BCUT2D eigenvalue weighted by Gasteiger charge is -2.36. The summed E-state index contributed by atoms with van der Waals surface area (Å²) in [5.74, 6) is 3.04. The molecule has 132 valence electrons. The van der Waals surface area contributed by atoms with Gasteiger partial charge in [-0.15, -0.1) is 0 Å². The average Bonchev–Trinajstić information content (AvgIpc) is 3.20. The second-order valence-corrected chi connectivity index (χ2v) is 7.46. The summed E-state index contributed by atoms with van der Waals surface area (Å²) in [4.78, 5) is 14.2. The highest BCUT2D eigenvalue weighted by molar-refractivity contribution is 5.48. The lowest BCUT2D eigenvalue weighted by molar-refractivity contribution is 0.140. The number of rotatable bonds is 7. The molecule has 1 aliphatic carbocycles. The van der Waals surface area contributed by atoms with Crippen LogP contribution in [0, 0.1) is 5.92 Å². The summed E-state index contributed by atoms with van der Waals surface area (Å²) in [7, 11) is 0. The Morgan fingerprint density at radius 2 is 2.12 bits per heavy atom. The van der Waals surface area contributed by atoms with Crippen molar-refractivity contribution in [1.82, 2.24) is 9.97 Å². The SMILES string of the molecule is CCCN(CC1CC1)c1cc(C2CCOC2)nc(N2CC(O)C2)n1. The third-order valence-electron chi connectivity index (χ3n) is 5.21. The molecule has 1 unspecified atom stereocenters. The number of aromatic nitrogens is 2. The van der Waals surface area contributed by atoms with Crippen LogP contribution in [-0.2, 0) is 4.74 Å². The fourth-order valence-electron chi connectivity index (χ4n) is 3.52. The standard InChI is InChI=1S/C18H28N4O2/c1-2-6-21(9-13-3-4-13)17-8-16(14-5-7-24-12-14)19-18(20-17)22-10-15(23)11-22/h8,13-15,23H,2-7,9-12H2,1H3. The molecule has 0 spiro atoms. The highest BCUT2D eigenvalue weighted by Gasteiger charge is 2.30. The van der Waals surface area contributed by atoms with Gasteiger partial charge in [0.05, 0.1) is 18.4 Å². The Hall–Kier alpha value is -1.40. The van der Waals surface area contributed by atoms with Crippen LogP contribution in [-0.4, -0.2) is 60.6 Å². The van der Waals surface area contributed by atoms with Crippen LogP contribution in [0.3, 0.4) is 0 Å². The van der Waals surface area contributed by atoms with Crippen molar-refractivity contribution in [3.8, 4) is 0 Å². The van der Waals surface area contributed by atoms with Crippen LogP contribution in [0.5, 0.6) is 0 Å². The largest absolute Gasteiger partial charge is 0.389 e. The second kappa shape index (κ2) is 6.84. The quantitative estimate of drug-likeness (QED) is 0.821. The van der Waals surface area contributed by atoms with Crippen molar-refractivity contribution in [1.29, 1.82) is 0 Å². The maximum absolute atomic E-state index is 9.62. The smallest absolute Gasteiger partial charge is 0.227 e. The number of hydrogen-bond acceptors (Lipinski definition) is 6. The number of anilines is 2. The van der Waals surface area contributed by atoms with Crippen LogP contribution in [0.25, 0.3) is 0 Å². The fraction of sp³-hybridized carbons (Fsp3) is 0.778. The molecule has 3 aliphatic rings. The molecule has 1 aromatic heterocycles. The number of aliphatic hydroxyl groups is 1. The third-order valence-corrected chi connectivity index (χ3v) is 5.21. The van der Waals surface area contributed by atoms with Crippen molar-refractivity contribution in [2.75, 3.05) is 49.2 Å². The van der Waals surface area contributed by atoms with Crippen molar-refractivity contribution in [2.45, 2.75) is 44.6 Å². The van der Waals surface area contributed by atoms with E-state index in [1.165, 1.54) is 12.8 Å². The lowest BCUT2D eigenvalue weighted by Crippen LogP contribution is -2.51. The molecule has 0 aromatic carbocycles. The molecule has 1 atom stereocenters. The van der Waals surface area contributed by atoms with Crippen molar-refractivity contribution in [2.24, 2.45) is 5.92 Å². The van der Waals surface area contributed by atoms with E-state index in [1.54, 1.807) is 0 Å². The molecule has 3 heterocycles. The van der Waals surface area contributed by atoms with E-state index in [2.05, 4.69) is 22.8 Å². The van der Waals surface area contributed by atoms with Crippen LogP contribution in [0.15, 0.2) is 6.07 Å². The average molecular weight is 332 g/mol. The first kappa shape index (κ1) is 16.1. The van der Waals surface area contributed by atoms with Crippen LogP contribution in [0.4, 0.5) is 11.8 Å². The van der Waals surface area contributed by atoms with E-state index < -0.39 is 0 Å². The molecule has 24 heavy (non-hydrogen) atoms. The highest BCUT2D eigenvalue weighted by Crippen LogP contribution is 2.33. The monoisotopic (exact) mass is 332 g/mol. The Morgan fingerprint density at radius 1 is 1.29 bits per heavy atom. The molecule has 2 aliphatic heterocycles. The predicted molar refractivity (Wildman–Crippen MR) is 93.7 cm³/mol. The molecule has 1 aromatic rings. The molecule has 4 rings (SSSR count). The molecule has 0 bridgehead atoms. The van der Waals surface area contributed by atoms with Gasteiger partial charge in [-0.3, -0.25) is 0 Å². The normalized spacial score (nSPS) is 24.2. The molecule has 0 radical (unpaired) electrons. The summed E-state index contributed by atoms with van der Waals surface area (Å²) >= 11 is 0. The Labute approximate surface area is 143 Å². The topological polar surface area (TPSA) is 61.7 Å². The molecule has 6 heteroatoms. The number of β-amino-alcohol motifs (C(OH)–C–C–N with tert-alkyl or cyclic N) is 1. The van der Waals surface area contributed by atoms with Crippen molar-refractivity contribution in [3.05, 3.63) is 11.8 Å². The minimum Gasteiger partial charge on any atom is -0.389 e. The van der Waals surface area contributed by atoms with Gasteiger partial charge in [-0.2, -0.15) is 4.98 Å². The minimum atomic E-state index is -0.242. The Balaban J connectivity index is 1.62. The zero-order valence-electron chi connectivity index (χ0n) is 14.5. The van der Waals surface area contributed by atoms with Gasteiger partial charge >= 0.3 is 0 Å². The van der Waals surface area contributed by atoms with Crippen molar-refractivity contribution >= 4 is 11.8 Å². The summed E-state index contributed by atoms with van der Waals surface area (Å²) in [6, 6.07) is 2.18. The van der Waals surface area contributed by atoms with Gasteiger partial charge in [-0.25, -0.2) is 4.98 Å². The predicted octanol–water partition coefficient (Wildman–Crippen LogP) is 1.79. The van der Waals surface area contributed by atoms with E-state index in [1.807, 2.05) is 0 Å². The maximum Gasteiger partial charge on any atom is 0.227 e. The van der Waals surface area contributed by atoms with Crippen LogP contribution in [0.1, 0.15) is 44.2 Å². The molecule has 0 amide bonds. The lowest BCUT2D eigenvalue weighted by atomic mass is 10.0. The molecular weight excluding hydrogens is 304 g/mol. The first-order valence-electron chi connectivity index (χ1n) is 9.37. The van der Waals surface area contributed by atoms with Gasteiger partial charge in [-0.1, -0.05) is 6.92 Å². The van der Waals surface area contributed by atoms with Crippen molar-refractivity contribution < 1.29 is 9.84 Å². The second-order valence-electron chi connectivity index (χ2n) is 7.46. The van der Waals surface area contributed by atoms with Crippen LogP contribution >= 0.6 is 0 Å². The number of hydrogen-bond donors (Lipinski definition) is 1. The van der Waals surface area contributed by atoms with Gasteiger partial charge in [0.1, 0.15) is 5.82 Å². The highest BCUT2D eigenvalue weighted by atomic mass is 16.5. The van der Waals surface area contributed by atoms with Gasteiger partial charge in [0, 0.05) is 44.8 Å². The van der Waals surface area contributed by atoms with Gasteiger partial charge < -0.3 is 19.6 Å². The van der Waals surface area contributed by atoms with E-state index in [9.17, 15) is 5.11 Å². The van der Waals surface area contributed by atoms with E-state index in [0.29, 0.717) is 19.0 Å². The maximum atomic E-state index is 9.62. The van der Waals surface area contributed by atoms with Gasteiger partial charge in [0.2, 0.25) is 5.95 Å². The molecule has 1 N–H and O–H groups in total. The number of nitrogens with zero attached hydrogens (tertiary/aromatic N) is 4. The minimum absolute atomic E-state index is 0.242. The van der Waals surface area contributed by atoms with E-state index in [4.69, 9.17) is 14.7 Å². The summed E-state index contributed by atoms with van der Waals surface area (Å²) in [5, 5.41) is 9.62. The van der Waals surface area contributed by atoms with Crippen LogP contribution < -0.4 is 9.80 Å². The first-order valence-corrected chi connectivity index (χ1v) is 9.37. The number of ether oxygens (including phenoxy) is 1. The Kier molecular flexibility index (Phi) is 4.59. The Bertz CT molecular complexity index is 566. The Morgan fingerprint density at radius 3 is 2.75 bits per heavy atom. The third kappa shape index (κ3) is 3.49. The van der Waals surface area contributed by atoms with E-state index in [-0.39, 0.29) is 6.10 Å². The van der Waals surface area contributed by atoms with Gasteiger partial charge in [-0.05, 0) is 31.6 Å². The molecular formula is C18H28N4O2.